The van der Waals surface area contributed by atoms with E-state index >= 15 is 0 Å². The van der Waals surface area contributed by atoms with Crippen molar-refractivity contribution in [1.29, 1.82) is 0 Å². The summed E-state index contributed by atoms with van der Waals surface area (Å²) in [6.07, 6.45) is 0. The first kappa shape index (κ1) is 27.4. The highest BCUT2D eigenvalue weighted by Crippen LogP contribution is 2.33. The minimum Gasteiger partial charge on any atom is -0.380 e. The molecule has 0 unspecified atom stereocenters. The number of nitrogens with one attached hydrogen (secondary N) is 2. The molecule has 0 fully saturated rings. The van der Waals surface area contributed by atoms with Crippen LogP contribution in [0.25, 0.3) is 22.0 Å². The molecule has 0 aliphatic heterocycles. The second-order valence-electron chi connectivity index (χ2n) is 9.62. The van der Waals surface area contributed by atoms with Gasteiger partial charge in [-0.05, 0) is 62.6 Å². The normalized spacial score (nSPS) is 11.6. The Balaban J connectivity index is 1.48. The van der Waals surface area contributed by atoms with E-state index in [0.717, 1.165) is 39.0 Å². The van der Waals surface area contributed by atoms with Gasteiger partial charge in [0.25, 0.3) is 10.0 Å². The summed E-state index contributed by atoms with van der Waals surface area (Å²) in [5, 5.41) is 8.49. The third-order valence-corrected chi connectivity index (χ3v) is 8.21. The molecule has 0 bridgehead atoms. The standard InChI is InChI=1S/C31H32N4O4S/c1-5-38-19-24-17-23(18-32-29-16-20(2)33-28-12-8-6-11-27(28)29)14-15-25(24)26-10-7-9-13-30(26)40(36,37)35-31-21(3)22(4)39-34-31/h6-17H,5,18-19H2,1-4H3,(H,32,33)(H,34,35). The van der Waals surface area contributed by atoms with Crippen LogP contribution < -0.4 is 10.0 Å². The van der Waals surface area contributed by atoms with Gasteiger partial charge in [-0.25, -0.2) is 8.42 Å². The molecule has 0 amide bonds. The van der Waals surface area contributed by atoms with Crippen LogP contribution in [0.4, 0.5) is 11.5 Å². The Morgan fingerprint density at radius 3 is 2.48 bits per heavy atom. The van der Waals surface area contributed by atoms with Crippen LogP contribution in [0.2, 0.25) is 0 Å². The van der Waals surface area contributed by atoms with E-state index in [-0.39, 0.29) is 10.7 Å². The lowest BCUT2D eigenvalue weighted by Gasteiger charge is -2.17. The number of pyridine rings is 1. The molecule has 9 heteroatoms. The first-order valence-electron chi connectivity index (χ1n) is 13.1. The van der Waals surface area contributed by atoms with Crippen LogP contribution in [0.1, 0.15) is 35.1 Å². The third-order valence-electron chi connectivity index (χ3n) is 6.81. The van der Waals surface area contributed by atoms with Crippen molar-refractivity contribution in [3.05, 3.63) is 101 Å². The van der Waals surface area contributed by atoms with E-state index in [1.807, 2.05) is 62.4 Å². The Kier molecular flexibility index (Phi) is 7.86. The van der Waals surface area contributed by atoms with E-state index < -0.39 is 10.0 Å². The number of para-hydroxylation sites is 1. The number of benzene rings is 3. The van der Waals surface area contributed by atoms with Gasteiger partial charge in [0.15, 0.2) is 5.82 Å². The van der Waals surface area contributed by atoms with Crippen molar-refractivity contribution in [3.63, 3.8) is 0 Å². The highest BCUT2D eigenvalue weighted by Gasteiger charge is 2.23. The van der Waals surface area contributed by atoms with Crippen molar-refractivity contribution in [3.8, 4) is 11.1 Å². The molecule has 2 N–H and O–H groups in total. The van der Waals surface area contributed by atoms with E-state index in [0.29, 0.717) is 36.6 Å². The van der Waals surface area contributed by atoms with Gasteiger partial charge in [0.05, 0.1) is 17.0 Å². The second-order valence-corrected chi connectivity index (χ2v) is 11.3. The smallest absolute Gasteiger partial charge is 0.263 e. The van der Waals surface area contributed by atoms with Crippen molar-refractivity contribution < 1.29 is 17.7 Å². The lowest BCUT2D eigenvalue weighted by molar-refractivity contribution is 0.134. The summed E-state index contributed by atoms with van der Waals surface area (Å²) >= 11 is 0. The number of aromatic nitrogens is 2. The molecule has 0 atom stereocenters. The molecule has 5 rings (SSSR count). The predicted octanol–water partition coefficient (Wildman–Crippen LogP) is 6.76. The van der Waals surface area contributed by atoms with Gasteiger partial charge in [0.2, 0.25) is 0 Å². The molecule has 0 aliphatic carbocycles. The number of fused-ring (bicyclic) bond motifs is 1. The number of anilines is 2. The Hall–Kier alpha value is -4.21. The first-order chi connectivity index (χ1) is 19.3. The second kappa shape index (κ2) is 11.5. The molecule has 2 heterocycles. The molecule has 0 saturated carbocycles. The Morgan fingerprint density at radius 2 is 1.70 bits per heavy atom. The molecule has 0 radical (unpaired) electrons. The Labute approximate surface area is 234 Å². The van der Waals surface area contributed by atoms with Crippen LogP contribution in [-0.2, 0) is 27.9 Å². The molecule has 2 aromatic heterocycles. The van der Waals surface area contributed by atoms with E-state index in [1.54, 1.807) is 26.0 Å². The zero-order chi connectivity index (χ0) is 28.3. The fraction of sp³-hybridized carbons (Fsp3) is 0.226. The average molecular weight is 557 g/mol. The number of nitrogens with zero attached hydrogens (tertiary/aromatic N) is 2. The number of rotatable bonds is 10. The van der Waals surface area contributed by atoms with Gasteiger partial charge in [-0.1, -0.05) is 59.8 Å². The molecule has 3 aromatic carbocycles. The fourth-order valence-electron chi connectivity index (χ4n) is 4.62. The largest absolute Gasteiger partial charge is 0.380 e. The van der Waals surface area contributed by atoms with Crippen molar-refractivity contribution in [1.82, 2.24) is 10.1 Å². The SMILES string of the molecule is CCOCc1cc(CNc2cc(C)nc3ccccc23)ccc1-c1ccccc1S(=O)(=O)Nc1noc(C)c1C. The van der Waals surface area contributed by atoms with Crippen molar-refractivity contribution >= 4 is 32.4 Å². The summed E-state index contributed by atoms with van der Waals surface area (Å²) in [5.41, 5.74) is 6.86. The summed E-state index contributed by atoms with van der Waals surface area (Å²) in [4.78, 5) is 4.78. The zero-order valence-electron chi connectivity index (χ0n) is 23.0. The lowest BCUT2D eigenvalue weighted by atomic mass is 9.97. The van der Waals surface area contributed by atoms with Crippen LogP contribution in [0, 0.1) is 20.8 Å². The van der Waals surface area contributed by atoms with Gasteiger partial charge in [0, 0.05) is 41.0 Å². The van der Waals surface area contributed by atoms with E-state index in [9.17, 15) is 8.42 Å². The zero-order valence-corrected chi connectivity index (χ0v) is 23.8. The fourth-order valence-corrected chi connectivity index (χ4v) is 5.90. The molecular formula is C31H32N4O4S. The monoisotopic (exact) mass is 556 g/mol. The van der Waals surface area contributed by atoms with E-state index in [2.05, 4.69) is 32.3 Å². The Bertz CT molecular complexity index is 1780. The van der Waals surface area contributed by atoms with Gasteiger partial charge in [-0.2, -0.15) is 0 Å². The number of hydrogen-bond acceptors (Lipinski definition) is 7. The van der Waals surface area contributed by atoms with Gasteiger partial charge in [-0.15, -0.1) is 0 Å². The summed E-state index contributed by atoms with van der Waals surface area (Å²) in [5.74, 6) is 0.742. The molecule has 40 heavy (non-hydrogen) atoms. The maximum Gasteiger partial charge on any atom is 0.263 e. The van der Waals surface area contributed by atoms with E-state index in [1.165, 1.54) is 0 Å². The van der Waals surface area contributed by atoms with Crippen LogP contribution in [0.15, 0.2) is 82.2 Å². The molecule has 5 aromatic rings. The van der Waals surface area contributed by atoms with Gasteiger partial charge in [0.1, 0.15) is 5.76 Å². The lowest BCUT2D eigenvalue weighted by Crippen LogP contribution is -2.15. The van der Waals surface area contributed by atoms with E-state index in [4.69, 9.17) is 9.26 Å². The molecular weight excluding hydrogens is 524 g/mol. The number of aryl methyl sites for hydroxylation is 2. The number of sulfonamides is 1. The predicted molar refractivity (Wildman–Crippen MR) is 158 cm³/mol. The van der Waals surface area contributed by atoms with Crippen molar-refractivity contribution in [2.75, 3.05) is 16.6 Å². The molecule has 8 nitrogen and oxygen atoms in total. The van der Waals surface area contributed by atoms with Crippen molar-refractivity contribution in [2.24, 2.45) is 0 Å². The molecule has 0 saturated heterocycles. The maximum atomic E-state index is 13.5. The Morgan fingerprint density at radius 1 is 0.925 bits per heavy atom. The summed E-state index contributed by atoms with van der Waals surface area (Å²) in [6, 6.07) is 23.1. The summed E-state index contributed by atoms with van der Waals surface area (Å²) in [6.45, 7) is 8.89. The molecule has 0 aliphatic rings. The third kappa shape index (κ3) is 5.71. The summed E-state index contributed by atoms with van der Waals surface area (Å²) < 4.78 is 40.5. The highest BCUT2D eigenvalue weighted by molar-refractivity contribution is 7.92. The van der Waals surface area contributed by atoms with Gasteiger partial charge in [-0.3, -0.25) is 9.71 Å². The van der Waals surface area contributed by atoms with Crippen LogP contribution >= 0.6 is 0 Å². The number of ether oxygens (including phenoxy) is 1. The minimum atomic E-state index is -3.95. The van der Waals surface area contributed by atoms with Crippen molar-refractivity contribution in [2.45, 2.75) is 45.7 Å². The maximum absolute atomic E-state index is 13.5. The summed E-state index contributed by atoms with van der Waals surface area (Å²) in [7, 11) is -3.95. The first-order valence-corrected chi connectivity index (χ1v) is 14.6. The highest BCUT2D eigenvalue weighted by atomic mass is 32.2. The van der Waals surface area contributed by atoms with Crippen LogP contribution in [-0.4, -0.2) is 25.2 Å². The van der Waals surface area contributed by atoms with Crippen LogP contribution in [0.3, 0.4) is 0 Å². The number of hydrogen-bond donors (Lipinski definition) is 2. The average Bonchev–Trinajstić information content (AvgIpc) is 3.26. The minimum absolute atomic E-state index is 0.150. The molecule has 0 spiro atoms. The van der Waals surface area contributed by atoms with Crippen LogP contribution in [0.5, 0.6) is 0 Å². The van der Waals surface area contributed by atoms with Gasteiger partial charge >= 0.3 is 0 Å². The topological polar surface area (TPSA) is 106 Å². The molecule has 206 valence electrons. The van der Waals surface area contributed by atoms with Gasteiger partial charge < -0.3 is 14.6 Å². The quantitative estimate of drug-likeness (QED) is 0.196.